The Morgan fingerprint density at radius 2 is 1.55 bits per heavy atom. The maximum atomic E-state index is 13.3. The van der Waals surface area contributed by atoms with E-state index in [2.05, 4.69) is 5.32 Å². The zero-order valence-electron chi connectivity index (χ0n) is 18.6. The Kier molecular flexibility index (Phi) is 5.79. The summed E-state index contributed by atoms with van der Waals surface area (Å²) in [6.45, 7) is 0.826. The zero-order valence-corrected chi connectivity index (χ0v) is 19.4. The average molecular weight is 485 g/mol. The summed E-state index contributed by atoms with van der Waals surface area (Å²) in [4.78, 5) is 12.5. The molecule has 6 rings (SSSR count). The molecule has 1 heterocycles. The van der Waals surface area contributed by atoms with Crippen molar-refractivity contribution in [2.45, 2.75) is 62.4 Å². The highest BCUT2D eigenvalue weighted by atomic mass is 32.2. The molecule has 4 saturated carbocycles. The molecule has 1 amide bonds. The van der Waals surface area contributed by atoms with Gasteiger partial charge in [-0.1, -0.05) is 12.1 Å². The number of halogens is 3. The van der Waals surface area contributed by atoms with Crippen LogP contribution in [0.15, 0.2) is 29.2 Å². The van der Waals surface area contributed by atoms with Crippen molar-refractivity contribution in [1.82, 2.24) is 9.62 Å². The molecule has 0 spiro atoms. The number of piperidine rings is 1. The summed E-state index contributed by atoms with van der Waals surface area (Å²) in [5.41, 5.74) is -1.34. The van der Waals surface area contributed by atoms with Gasteiger partial charge < -0.3 is 5.32 Å². The van der Waals surface area contributed by atoms with Gasteiger partial charge in [-0.05, 0) is 87.2 Å². The van der Waals surface area contributed by atoms with E-state index in [1.54, 1.807) is 0 Å². The number of rotatable bonds is 5. The van der Waals surface area contributed by atoms with Crippen molar-refractivity contribution in [3.05, 3.63) is 29.8 Å². The van der Waals surface area contributed by atoms with Gasteiger partial charge >= 0.3 is 6.18 Å². The lowest BCUT2D eigenvalue weighted by molar-refractivity contribution is -0.146. The van der Waals surface area contributed by atoms with Crippen LogP contribution in [0.25, 0.3) is 0 Å². The maximum absolute atomic E-state index is 13.3. The Labute approximate surface area is 193 Å². The van der Waals surface area contributed by atoms with Gasteiger partial charge in [0, 0.05) is 25.0 Å². The Morgan fingerprint density at radius 1 is 1.00 bits per heavy atom. The monoisotopic (exact) mass is 484 g/mol. The van der Waals surface area contributed by atoms with E-state index in [-0.39, 0.29) is 30.3 Å². The first-order chi connectivity index (χ1) is 15.6. The Morgan fingerprint density at radius 3 is 2.09 bits per heavy atom. The lowest BCUT2D eigenvalue weighted by Crippen LogP contribution is -2.54. The van der Waals surface area contributed by atoms with Crippen molar-refractivity contribution in [3.63, 3.8) is 0 Å². The molecule has 5 aliphatic rings. The molecular formula is C24H31F3N2O3S. The molecule has 0 aromatic heterocycles. The van der Waals surface area contributed by atoms with Gasteiger partial charge in [0.15, 0.2) is 0 Å². The number of alkyl halides is 3. The highest BCUT2D eigenvalue weighted by Gasteiger charge is 2.54. The van der Waals surface area contributed by atoms with Crippen molar-refractivity contribution in [1.29, 1.82) is 0 Å². The SMILES string of the molecule is O=C(NCC1CCN(S(=O)(=O)c2ccccc2C(F)(F)F)CC1)C12CC3CC(CC(C3)C1)C2. The maximum Gasteiger partial charge on any atom is 0.417 e. The molecule has 0 unspecified atom stereocenters. The van der Waals surface area contributed by atoms with Crippen LogP contribution in [0.4, 0.5) is 13.2 Å². The zero-order chi connectivity index (χ0) is 23.4. The summed E-state index contributed by atoms with van der Waals surface area (Å²) in [5.74, 6) is 2.36. The van der Waals surface area contributed by atoms with E-state index in [1.807, 2.05) is 0 Å². The first-order valence-corrected chi connectivity index (χ1v) is 13.5. The number of hydrogen-bond donors (Lipinski definition) is 1. The van der Waals surface area contributed by atoms with E-state index in [0.717, 1.165) is 35.7 Å². The summed E-state index contributed by atoms with van der Waals surface area (Å²) >= 11 is 0. The van der Waals surface area contributed by atoms with E-state index in [9.17, 15) is 26.4 Å². The summed E-state index contributed by atoms with van der Waals surface area (Å²) in [6.07, 6.45) is 3.14. The number of carbonyl (C=O) groups is 1. The van der Waals surface area contributed by atoms with E-state index in [0.29, 0.717) is 37.1 Å². The summed E-state index contributed by atoms with van der Waals surface area (Å²) in [5, 5.41) is 3.17. The van der Waals surface area contributed by atoms with Crippen LogP contribution in [0.2, 0.25) is 0 Å². The molecule has 1 N–H and O–H groups in total. The lowest BCUT2D eigenvalue weighted by Gasteiger charge is -2.55. The largest absolute Gasteiger partial charge is 0.417 e. The van der Waals surface area contributed by atoms with Crippen LogP contribution in [-0.2, 0) is 21.0 Å². The molecule has 0 radical (unpaired) electrons. The average Bonchev–Trinajstić information content (AvgIpc) is 2.76. The molecule has 1 aromatic rings. The van der Waals surface area contributed by atoms with Crippen LogP contribution in [0.3, 0.4) is 0 Å². The standard InChI is InChI=1S/C24H31F3N2O3S/c25-24(26,27)20-3-1-2-4-21(20)33(31,32)29-7-5-16(6-8-29)15-28-22(30)23-12-17-9-18(13-23)11-19(10-17)14-23/h1-4,16-19H,5-15H2,(H,28,30). The minimum absolute atomic E-state index is 0.132. The Balaban J connectivity index is 1.18. The first kappa shape index (κ1) is 23.1. The quantitative estimate of drug-likeness (QED) is 0.672. The summed E-state index contributed by atoms with van der Waals surface area (Å²) in [7, 11) is -4.24. The molecule has 5 fully saturated rings. The fourth-order valence-electron chi connectivity index (χ4n) is 7.23. The number of carbonyl (C=O) groups excluding carboxylic acids is 1. The predicted octanol–water partition coefficient (Wildman–Crippen LogP) is 4.44. The van der Waals surface area contributed by atoms with Crippen molar-refractivity contribution >= 4 is 15.9 Å². The Bertz CT molecular complexity index is 981. The second-order valence-corrected chi connectivity index (χ2v) is 12.7. The molecule has 4 aliphatic carbocycles. The Hall–Kier alpha value is -1.61. The van der Waals surface area contributed by atoms with Crippen LogP contribution in [-0.4, -0.2) is 38.3 Å². The van der Waals surface area contributed by atoms with Crippen LogP contribution < -0.4 is 5.32 Å². The lowest BCUT2D eigenvalue weighted by atomic mass is 9.49. The molecule has 182 valence electrons. The van der Waals surface area contributed by atoms with Crippen LogP contribution in [0.1, 0.15) is 56.9 Å². The van der Waals surface area contributed by atoms with Crippen molar-refractivity contribution in [2.24, 2.45) is 29.1 Å². The van der Waals surface area contributed by atoms with Gasteiger partial charge in [0.05, 0.1) is 10.5 Å². The number of nitrogens with zero attached hydrogens (tertiary/aromatic N) is 1. The summed E-state index contributed by atoms with van der Waals surface area (Å²) < 4.78 is 67.0. The third-order valence-corrected chi connectivity index (χ3v) is 10.4. The topological polar surface area (TPSA) is 66.5 Å². The molecule has 4 bridgehead atoms. The van der Waals surface area contributed by atoms with Crippen LogP contribution in [0, 0.1) is 29.1 Å². The van der Waals surface area contributed by atoms with Gasteiger partial charge in [0.1, 0.15) is 0 Å². The van der Waals surface area contributed by atoms with E-state index >= 15 is 0 Å². The fourth-order valence-corrected chi connectivity index (χ4v) is 8.91. The molecule has 0 atom stereocenters. The molecular weight excluding hydrogens is 453 g/mol. The van der Waals surface area contributed by atoms with Gasteiger partial charge in [-0.2, -0.15) is 17.5 Å². The van der Waals surface area contributed by atoms with Crippen LogP contribution >= 0.6 is 0 Å². The third kappa shape index (κ3) is 4.31. The van der Waals surface area contributed by atoms with Gasteiger partial charge in [-0.15, -0.1) is 0 Å². The highest BCUT2D eigenvalue weighted by molar-refractivity contribution is 7.89. The third-order valence-electron chi connectivity index (χ3n) is 8.45. The van der Waals surface area contributed by atoms with Crippen LogP contribution in [0.5, 0.6) is 0 Å². The smallest absolute Gasteiger partial charge is 0.355 e. The molecule has 9 heteroatoms. The van der Waals surface area contributed by atoms with E-state index in [4.69, 9.17) is 0 Å². The van der Waals surface area contributed by atoms with Crippen molar-refractivity contribution in [3.8, 4) is 0 Å². The van der Waals surface area contributed by atoms with Gasteiger partial charge in [0.2, 0.25) is 15.9 Å². The van der Waals surface area contributed by atoms with Crippen molar-refractivity contribution < 1.29 is 26.4 Å². The minimum Gasteiger partial charge on any atom is -0.355 e. The normalized spacial score (nSPS) is 32.8. The second-order valence-electron chi connectivity index (χ2n) is 10.7. The molecule has 1 saturated heterocycles. The fraction of sp³-hybridized carbons (Fsp3) is 0.708. The van der Waals surface area contributed by atoms with Crippen molar-refractivity contribution in [2.75, 3.05) is 19.6 Å². The second kappa shape index (κ2) is 8.26. The van der Waals surface area contributed by atoms with Gasteiger partial charge in [-0.25, -0.2) is 8.42 Å². The number of amides is 1. The molecule has 5 nitrogen and oxygen atoms in total. The number of benzene rings is 1. The van der Waals surface area contributed by atoms with E-state index in [1.165, 1.54) is 31.4 Å². The van der Waals surface area contributed by atoms with Gasteiger partial charge in [-0.3, -0.25) is 4.79 Å². The highest BCUT2D eigenvalue weighted by Crippen LogP contribution is 2.60. The first-order valence-electron chi connectivity index (χ1n) is 12.0. The molecule has 1 aliphatic heterocycles. The number of hydrogen-bond acceptors (Lipinski definition) is 3. The van der Waals surface area contributed by atoms with Gasteiger partial charge in [0.25, 0.3) is 0 Å². The predicted molar refractivity (Wildman–Crippen MR) is 117 cm³/mol. The molecule has 33 heavy (non-hydrogen) atoms. The molecule has 1 aromatic carbocycles. The number of nitrogens with one attached hydrogen (secondary N) is 1. The van der Waals surface area contributed by atoms with E-state index < -0.39 is 26.7 Å². The minimum atomic E-state index is -4.73. The summed E-state index contributed by atoms with van der Waals surface area (Å²) in [6, 6.07) is 4.34. The number of sulfonamides is 1.